The number of anilines is 3. The molecule has 2 heterocycles. The first-order valence-electron chi connectivity index (χ1n) is 14.5. The number of aromatic amines is 1. The summed E-state index contributed by atoms with van der Waals surface area (Å²) in [4.78, 5) is 17.6. The number of aromatic nitrogens is 2. The van der Waals surface area contributed by atoms with Crippen LogP contribution in [0.15, 0.2) is 64.4 Å². The zero-order chi connectivity index (χ0) is 30.1. The molecule has 43 heavy (non-hydrogen) atoms. The number of rotatable bonds is 7. The molecular formula is C31H34F2N6O3S. The van der Waals surface area contributed by atoms with Gasteiger partial charge in [0.15, 0.2) is 5.82 Å². The molecule has 1 saturated carbocycles. The lowest BCUT2D eigenvalue weighted by Gasteiger charge is -2.34. The van der Waals surface area contributed by atoms with E-state index in [1.54, 1.807) is 0 Å². The minimum absolute atomic E-state index is 0.147. The van der Waals surface area contributed by atoms with Gasteiger partial charge in [-0.1, -0.05) is 19.3 Å². The summed E-state index contributed by atoms with van der Waals surface area (Å²) in [5.74, 6) is -2.23. The number of amides is 1. The van der Waals surface area contributed by atoms with E-state index in [-0.39, 0.29) is 16.8 Å². The second-order valence-electron chi connectivity index (χ2n) is 11.3. The van der Waals surface area contributed by atoms with Crippen molar-refractivity contribution >= 4 is 43.8 Å². The number of nitrogens with one attached hydrogen (secondary N) is 3. The Morgan fingerprint density at radius 3 is 2.35 bits per heavy atom. The monoisotopic (exact) mass is 608 g/mol. The lowest BCUT2D eigenvalue weighted by Crippen LogP contribution is -2.44. The van der Waals surface area contributed by atoms with Gasteiger partial charge < -0.3 is 20.4 Å². The molecular weight excluding hydrogens is 574 g/mol. The van der Waals surface area contributed by atoms with Crippen molar-refractivity contribution in [2.75, 3.05) is 48.8 Å². The van der Waals surface area contributed by atoms with Crippen LogP contribution in [0.2, 0.25) is 0 Å². The highest BCUT2D eigenvalue weighted by atomic mass is 32.2. The van der Waals surface area contributed by atoms with E-state index in [2.05, 4.69) is 37.7 Å². The number of hydrogen-bond acceptors (Lipinski definition) is 7. The van der Waals surface area contributed by atoms with E-state index in [1.165, 1.54) is 24.6 Å². The first kappa shape index (κ1) is 29.1. The number of carbonyl (C=O) groups is 1. The highest BCUT2D eigenvalue weighted by Gasteiger charge is 2.24. The van der Waals surface area contributed by atoms with Crippen LogP contribution < -0.4 is 15.5 Å². The summed E-state index contributed by atoms with van der Waals surface area (Å²) in [5.41, 5.74) is 2.75. The van der Waals surface area contributed by atoms with Gasteiger partial charge in [0.25, 0.3) is 5.91 Å². The van der Waals surface area contributed by atoms with Gasteiger partial charge in [0.2, 0.25) is 9.84 Å². The van der Waals surface area contributed by atoms with E-state index in [4.69, 9.17) is 0 Å². The summed E-state index contributed by atoms with van der Waals surface area (Å²) in [6, 6.07) is 12.4. The topological polar surface area (TPSA) is 110 Å². The number of benzene rings is 3. The molecule has 0 unspecified atom stereocenters. The van der Waals surface area contributed by atoms with Gasteiger partial charge in [-0.2, -0.15) is 5.10 Å². The van der Waals surface area contributed by atoms with Crippen LogP contribution in [0.5, 0.6) is 0 Å². The van der Waals surface area contributed by atoms with Gasteiger partial charge in [0.1, 0.15) is 11.6 Å². The minimum Gasteiger partial charge on any atom is -0.382 e. The zero-order valence-corrected chi connectivity index (χ0v) is 24.7. The van der Waals surface area contributed by atoms with Crippen molar-refractivity contribution in [3.8, 4) is 0 Å². The normalized spacial score (nSPS) is 16.9. The van der Waals surface area contributed by atoms with Crippen LogP contribution in [-0.2, 0) is 9.84 Å². The van der Waals surface area contributed by atoms with Crippen LogP contribution in [0.25, 0.3) is 10.9 Å². The van der Waals surface area contributed by atoms with Gasteiger partial charge in [-0.05, 0) is 68.4 Å². The van der Waals surface area contributed by atoms with E-state index in [9.17, 15) is 22.0 Å². The summed E-state index contributed by atoms with van der Waals surface area (Å²) in [6.07, 6.45) is 5.58. The number of piperazine rings is 1. The Morgan fingerprint density at radius 2 is 1.63 bits per heavy atom. The molecule has 0 spiro atoms. The number of H-pyrrole nitrogens is 1. The highest BCUT2D eigenvalue weighted by molar-refractivity contribution is 7.91. The molecule has 226 valence electrons. The lowest BCUT2D eigenvalue weighted by molar-refractivity contribution is 0.102. The fraction of sp³-hybridized carbons (Fsp3) is 0.355. The third-order valence-electron chi connectivity index (χ3n) is 8.30. The second kappa shape index (κ2) is 11.9. The number of hydrogen-bond donors (Lipinski definition) is 3. The predicted molar refractivity (Wildman–Crippen MR) is 163 cm³/mol. The fourth-order valence-corrected chi connectivity index (χ4v) is 7.16. The van der Waals surface area contributed by atoms with E-state index >= 15 is 0 Å². The van der Waals surface area contributed by atoms with Crippen molar-refractivity contribution in [1.29, 1.82) is 0 Å². The first-order chi connectivity index (χ1) is 20.7. The highest BCUT2D eigenvalue weighted by Crippen LogP contribution is 2.31. The number of fused-ring (bicyclic) bond motifs is 1. The molecule has 12 heteroatoms. The number of halogens is 2. The minimum atomic E-state index is -4.24. The van der Waals surface area contributed by atoms with Gasteiger partial charge in [-0.3, -0.25) is 9.89 Å². The van der Waals surface area contributed by atoms with Crippen LogP contribution in [0.1, 0.15) is 42.5 Å². The Hall–Kier alpha value is -4.03. The van der Waals surface area contributed by atoms with Gasteiger partial charge >= 0.3 is 0 Å². The maximum absolute atomic E-state index is 13.8. The Labute approximate surface area is 249 Å². The van der Waals surface area contributed by atoms with Crippen LogP contribution in [0.4, 0.5) is 26.0 Å². The average Bonchev–Trinajstić information content (AvgIpc) is 3.39. The molecule has 1 aliphatic carbocycles. The molecule has 2 fully saturated rings. The van der Waals surface area contributed by atoms with E-state index in [1.807, 2.05) is 18.2 Å². The Balaban J connectivity index is 1.30. The molecule has 1 aliphatic heterocycles. The second-order valence-corrected chi connectivity index (χ2v) is 13.3. The number of likely N-dealkylation sites (N-methyl/N-ethyl adjacent to an activating group) is 1. The van der Waals surface area contributed by atoms with E-state index < -0.39 is 32.3 Å². The molecule has 3 aromatic carbocycles. The van der Waals surface area contributed by atoms with E-state index in [0.29, 0.717) is 22.5 Å². The van der Waals surface area contributed by atoms with Crippen LogP contribution >= 0.6 is 0 Å². The van der Waals surface area contributed by atoms with Crippen molar-refractivity contribution in [3.05, 3.63) is 71.8 Å². The van der Waals surface area contributed by atoms with Crippen molar-refractivity contribution in [3.63, 3.8) is 0 Å². The maximum atomic E-state index is 13.8. The number of sulfone groups is 1. The summed E-state index contributed by atoms with van der Waals surface area (Å²) in [5, 5.41) is 13.9. The van der Waals surface area contributed by atoms with Gasteiger partial charge in [0.05, 0.1) is 20.9 Å². The fourth-order valence-electron chi connectivity index (χ4n) is 5.83. The summed E-state index contributed by atoms with van der Waals surface area (Å²) in [6.45, 7) is 3.73. The lowest BCUT2D eigenvalue weighted by atomic mass is 9.95. The average molecular weight is 609 g/mol. The van der Waals surface area contributed by atoms with Gasteiger partial charge in [0, 0.05) is 55.0 Å². The number of nitrogens with zero attached hydrogens (tertiary/aromatic N) is 3. The largest absolute Gasteiger partial charge is 0.382 e. The molecule has 4 aromatic rings. The molecule has 1 saturated heterocycles. The van der Waals surface area contributed by atoms with Crippen LogP contribution in [-0.4, -0.2) is 68.7 Å². The third kappa shape index (κ3) is 6.21. The molecule has 0 atom stereocenters. The van der Waals surface area contributed by atoms with Crippen LogP contribution in [0, 0.1) is 11.6 Å². The Morgan fingerprint density at radius 1 is 0.907 bits per heavy atom. The first-order valence-corrected chi connectivity index (χ1v) is 16.0. The van der Waals surface area contributed by atoms with Crippen molar-refractivity contribution in [2.24, 2.45) is 0 Å². The van der Waals surface area contributed by atoms with Crippen molar-refractivity contribution in [1.82, 2.24) is 15.1 Å². The Bertz CT molecular complexity index is 1740. The van der Waals surface area contributed by atoms with E-state index in [0.717, 1.165) is 75.4 Å². The maximum Gasteiger partial charge on any atom is 0.258 e. The molecule has 1 aromatic heterocycles. The molecule has 0 bridgehead atoms. The zero-order valence-electron chi connectivity index (χ0n) is 23.9. The Kier molecular flexibility index (Phi) is 8.06. The van der Waals surface area contributed by atoms with Crippen molar-refractivity contribution < 1.29 is 22.0 Å². The van der Waals surface area contributed by atoms with Crippen LogP contribution in [0.3, 0.4) is 0 Å². The molecule has 0 radical (unpaired) electrons. The summed E-state index contributed by atoms with van der Waals surface area (Å²) >= 11 is 0. The molecule has 9 nitrogen and oxygen atoms in total. The summed E-state index contributed by atoms with van der Waals surface area (Å²) in [7, 11) is -2.13. The smallest absolute Gasteiger partial charge is 0.258 e. The summed E-state index contributed by atoms with van der Waals surface area (Å²) < 4.78 is 54.0. The SMILES string of the molecule is CN1CCN(c2ccc(C(=O)Nc3n[nH]c4ccc(S(=O)(=O)c5cc(F)cc(F)c5)cc34)c(NC3CCCCC3)c2)CC1. The van der Waals surface area contributed by atoms with Gasteiger partial charge in [-0.25, -0.2) is 17.2 Å². The number of carbonyl (C=O) groups excluding carboxylic acids is 1. The molecule has 3 N–H and O–H groups in total. The molecule has 2 aliphatic rings. The molecule has 6 rings (SSSR count). The quantitative estimate of drug-likeness (QED) is 0.257. The standard InChI is InChI=1S/C31H34F2N6O3S/c1-38-11-13-39(14-12-38)23-7-9-26(29(18-23)34-22-5-3-2-4-6-22)31(40)35-30-27-19-24(8-10-28(27)36-37-30)43(41,42)25-16-20(32)15-21(33)17-25/h7-10,15-19,22,34H,2-6,11-14H2,1H3,(H2,35,36,37,40). The third-order valence-corrected chi connectivity index (χ3v) is 10.0. The molecule has 1 amide bonds. The predicted octanol–water partition coefficient (Wildman–Crippen LogP) is 5.42. The van der Waals surface area contributed by atoms with Gasteiger partial charge in [-0.15, -0.1) is 0 Å². The van der Waals surface area contributed by atoms with Crippen molar-refractivity contribution in [2.45, 2.75) is 47.9 Å².